The number of aromatic nitrogens is 2. The summed E-state index contributed by atoms with van der Waals surface area (Å²) >= 11 is 0. The molecule has 8 nitrogen and oxygen atoms in total. The van der Waals surface area contributed by atoms with E-state index in [0.29, 0.717) is 25.0 Å². The van der Waals surface area contributed by atoms with E-state index in [4.69, 9.17) is 4.74 Å². The average Bonchev–Trinajstić information content (AvgIpc) is 2.84. The third kappa shape index (κ3) is 5.12. The lowest BCUT2D eigenvalue weighted by Crippen LogP contribution is -2.50. The number of carbonyl (C=O) groups is 1. The van der Waals surface area contributed by atoms with Gasteiger partial charge in [0.25, 0.3) is 0 Å². The molecule has 0 bridgehead atoms. The van der Waals surface area contributed by atoms with Gasteiger partial charge in [0.05, 0.1) is 13.3 Å². The third-order valence-corrected chi connectivity index (χ3v) is 6.62. The number of rotatable bonds is 5. The molecule has 2 aliphatic rings. The van der Waals surface area contributed by atoms with Crippen LogP contribution in [0.1, 0.15) is 38.2 Å². The summed E-state index contributed by atoms with van der Waals surface area (Å²) in [6, 6.07) is 6.53. The van der Waals surface area contributed by atoms with Gasteiger partial charge < -0.3 is 24.8 Å². The second-order valence-corrected chi connectivity index (χ2v) is 8.83. The van der Waals surface area contributed by atoms with Gasteiger partial charge in [0, 0.05) is 50.3 Å². The van der Waals surface area contributed by atoms with E-state index in [1.54, 1.807) is 25.7 Å². The zero-order valence-electron chi connectivity index (χ0n) is 19.3. The summed E-state index contributed by atoms with van der Waals surface area (Å²) in [5, 5.41) is 3.10. The Morgan fingerprint density at radius 2 is 1.84 bits per heavy atom. The fourth-order valence-corrected chi connectivity index (χ4v) is 4.65. The van der Waals surface area contributed by atoms with Crippen LogP contribution in [0.2, 0.25) is 0 Å². The van der Waals surface area contributed by atoms with E-state index in [2.05, 4.69) is 45.0 Å². The largest absolute Gasteiger partial charge is 0.496 e. The van der Waals surface area contributed by atoms with Gasteiger partial charge in [0.1, 0.15) is 11.6 Å². The maximum Gasteiger partial charge on any atom is 0.321 e. The predicted octanol–water partition coefficient (Wildman–Crippen LogP) is 3.43. The van der Waals surface area contributed by atoms with Crippen LogP contribution in [0.3, 0.4) is 0 Å². The molecule has 3 heterocycles. The molecule has 0 atom stereocenters. The number of benzene rings is 1. The van der Waals surface area contributed by atoms with Crippen LogP contribution in [-0.4, -0.2) is 78.2 Å². The number of methoxy groups -OCH3 is 1. The maximum absolute atomic E-state index is 12.9. The standard InChI is InChI=1S/C24H34N6O2/c1-18(2)28-10-6-19(7-11-28)21-16-20(4-5-22(21)32-3)27-24(31)30-14-12-29(13-15-30)23-17-25-8-9-26-23/h4-5,8-9,16-19H,6-7,10-15H2,1-3H3,(H,27,31). The normalized spacial score (nSPS) is 18.1. The minimum atomic E-state index is -0.0606. The Labute approximate surface area is 190 Å². The van der Waals surface area contributed by atoms with E-state index >= 15 is 0 Å². The number of nitrogens with zero attached hydrogens (tertiary/aromatic N) is 5. The molecule has 8 heteroatoms. The fraction of sp³-hybridized carbons (Fsp3) is 0.542. The van der Waals surface area contributed by atoms with Crippen molar-refractivity contribution in [2.24, 2.45) is 0 Å². The molecule has 1 aromatic heterocycles. The molecule has 2 aromatic rings. The topological polar surface area (TPSA) is 73.8 Å². The summed E-state index contributed by atoms with van der Waals surface area (Å²) in [4.78, 5) is 27.9. The Kier molecular flexibility index (Phi) is 7.09. The highest BCUT2D eigenvalue weighted by molar-refractivity contribution is 5.89. The number of carbonyl (C=O) groups excluding carboxylic acids is 1. The van der Waals surface area contributed by atoms with E-state index in [9.17, 15) is 4.79 Å². The molecular formula is C24H34N6O2. The summed E-state index contributed by atoms with van der Waals surface area (Å²) in [6.45, 7) is 9.49. The number of anilines is 2. The smallest absolute Gasteiger partial charge is 0.321 e. The molecule has 2 fully saturated rings. The van der Waals surface area contributed by atoms with Crippen LogP contribution in [0.15, 0.2) is 36.8 Å². The lowest BCUT2D eigenvalue weighted by atomic mass is 9.88. The second kappa shape index (κ2) is 10.2. The second-order valence-electron chi connectivity index (χ2n) is 8.83. The van der Waals surface area contributed by atoms with E-state index in [0.717, 1.165) is 56.3 Å². The van der Waals surface area contributed by atoms with Crippen molar-refractivity contribution in [3.8, 4) is 5.75 Å². The number of likely N-dealkylation sites (tertiary alicyclic amines) is 1. The first kappa shape index (κ1) is 22.3. The number of hydrogen-bond acceptors (Lipinski definition) is 6. The lowest BCUT2D eigenvalue weighted by Gasteiger charge is -2.36. The number of piperazine rings is 1. The zero-order chi connectivity index (χ0) is 22.5. The number of nitrogens with one attached hydrogen (secondary N) is 1. The van der Waals surface area contributed by atoms with Gasteiger partial charge in [0.2, 0.25) is 0 Å². The molecule has 0 saturated carbocycles. The quantitative estimate of drug-likeness (QED) is 0.771. The Bertz CT molecular complexity index is 891. The van der Waals surface area contributed by atoms with Crippen molar-refractivity contribution >= 4 is 17.5 Å². The van der Waals surface area contributed by atoms with Crippen LogP contribution in [0.25, 0.3) is 0 Å². The predicted molar refractivity (Wildman–Crippen MR) is 127 cm³/mol. The highest BCUT2D eigenvalue weighted by Gasteiger charge is 2.26. The first-order valence-electron chi connectivity index (χ1n) is 11.5. The van der Waals surface area contributed by atoms with Crippen LogP contribution in [0, 0.1) is 0 Å². The molecule has 1 N–H and O–H groups in total. The molecule has 0 spiro atoms. The Morgan fingerprint density at radius 1 is 1.09 bits per heavy atom. The Hall–Kier alpha value is -2.87. The van der Waals surface area contributed by atoms with Gasteiger partial charge in [-0.1, -0.05) is 0 Å². The number of hydrogen-bond donors (Lipinski definition) is 1. The lowest BCUT2D eigenvalue weighted by molar-refractivity contribution is 0.171. The molecular weight excluding hydrogens is 404 g/mol. The molecule has 0 radical (unpaired) electrons. The highest BCUT2D eigenvalue weighted by atomic mass is 16.5. The number of ether oxygens (including phenoxy) is 1. The van der Waals surface area contributed by atoms with Crippen molar-refractivity contribution in [3.63, 3.8) is 0 Å². The summed E-state index contributed by atoms with van der Waals surface area (Å²) in [5.41, 5.74) is 2.02. The summed E-state index contributed by atoms with van der Waals surface area (Å²) in [5.74, 6) is 2.21. The molecule has 2 aliphatic heterocycles. The molecule has 172 valence electrons. The van der Waals surface area contributed by atoms with Gasteiger partial charge in [-0.3, -0.25) is 4.98 Å². The van der Waals surface area contributed by atoms with Crippen molar-refractivity contribution in [3.05, 3.63) is 42.4 Å². The van der Waals surface area contributed by atoms with Crippen LogP contribution in [0.5, 0.6) is 5.75 Å². The Morgan fingerprint density at radius 3 is 2.47 bits per heavy atom. The minimum Gasteiger partial charge on any atom is -0.496 e. The molecule has 2 saturated heterocycles. The van der Waals surface area contributed by atoms with Gasteiger partial charge in [-0.2, -0.15) is 0 Å². The number of amides is 2. The highest BCUT2D eigenvalue weighted by Crippen LogP contribution is 2.36. The van der Waals surface area contributed by atoms with Gasteiger partial charge in [-0.05, 0) is 69.5 Å². The van der Waals surface area contributed by atoms with E-state index in [1.807, 2.05) is 17.0 Å². The minimum absolute atomic E-state index is 0.0606. The molecule has 1 aromatic carbocycles. The number of piperidine rings is 1. The van der Waals surface area contributed by atoms with Crippen molar-refractivity contribution in [1.29, 1.82) is 0 Å². The van der Waals surface area contributed by atoms with Crippen LogP contribution < -0.4 is 15.0 Å². The van der Waals surface area contributed by atoms with Crippen molar-refractivity contribution in [1.82, 2.24) is 19.8 Å². The number of urea groups is 1. The zero-order valence-corrected chi connectivity index (χ0v) is 19.3. The molecule has 4 rings (SSSR count). The van der Waals surface area contributed by atoms with Crippen molar-refractivity contribution < 1.29 is 9.53 Å². The van der Waals surface area contributed by atoms with Crippen LogP contribution >= 0.6 is 0 Å². The first-order chi connectivity index (χ1) is 15.5. The SMILES string of the molecule is COc1ccc(NC(=O)N2CCN(c3cnccn3)CC2)cc1C1CCN(C(C)C)CC1. The monoisotopic (exact) mass is 438 g/mol. The summed E-state index contributed by atoms with van der Waals surface area (Å²) in [7, 11) is 1.72. The van der Waals surface area contributed by atoms with Crippen LogP contribution in [0.4, 0.5) is 16.3 Å². The molecule has 32 heavy (non-hydrogen) atoms. The van der Waals surface area contributed by atoms with Crippen molar-refractivity contribution in [2.75, 3.05) is 56.6 Å². The van der Waals surface area contributed by atoms with Gasteiger partial charge in [0.15, 0.2) is 0 Å². The van der Waals surface area contributed by atoms with E-state index in [1.165, 1.54) is 5.56 Å². The maximum atomic E-state index is 12.9. The summed E-state index contributed by atoms with van der Waals surface area (Å²) in [6.07, 6.45) is 7.35. The van der Waals surface area contributed by atoms with Gasteiger partial charge >= 0.3 is 6.03 Å². The van der Waals surface area contributed by atoms with Gasteiger partial charge in [-0.25, -0.2) is 9.78 Å². The van der Waals surface area contributed by atoms with E-state index in [-0.39, 0.29) is 6.03 Å². The average molecular weight is 439 g/mol. The molecule has 0 unspecified atom stereocenters. The molecule has 0 aliphatic carbocycles. The first-order valence-corrected chi connectivity index (χ1v) is 11.5. The van der Waals surface area contributed by atoms with Crippen LogP contribution in [-0.2, 0) is 0 Å². The fourth-order valence-electron chi connectivity index (χ4n) is 4.65. The van der Waals surface area contributed by atoms with E-state index < -0.39 is 0 Å². The third-order valence-electron chi connectivity index (χ3n) is 6.62. The molecule has 2 amide bonds. The van der Waals surface area contributed by atoms with Gasteiger partial charge in [-0.15, -0.1) is 0 Å². The summed E-state index contributed by atoms with van der Waals surface area (Å²) < 4.78 is 5.65. The Balaban J connectivity index is 1.37. The van der Waals surface area contributed by atoms with Crippen molar-refractivity contribution in [2.45, 2.75) is 38.6 Å².